The summed E-state index contributed by atoms with van der Waals surface area (Å²) < 4.78 is 30.8. The van der Waals surface area contributed by atoms with E-state index in [1.54, 1.807) is 18.3 Å². The molecule has 2 aromatic carbocycles. The standard InChI is InChI=1S/C22H18F2N4O2S2/c1-14(20(29)25-15-9-11-17(12-10-15)30-21(23)24)32-22-27-26-19(18-8-5-13-31-18)28(22)16-6-3-2-4-7-16/h2-14,21H,1H3,(H,25,29). The molecule has 4 aromatic rings. The highest BCUT2D eigenvalue weighted by atomic mass is 32.2. The van der Waals surface area contributed by atoms with E-state index in [0.29, 0.717) is 16.7 Å². The third-order valence-corrected chi connectivity index (χ3v) is 6.30. The Balaban J connectivity index is 1.52. The van der Waals surface area contributed by atoms with Crippen molar-refractivity contribution in [3.63, 3.8) is 0 Å². The maximum atomic E-state index is 12.7. The van der Waals surface area contributed by atoms with Gasteiger partial charge in [-0.1, -0.05) is 36.0 Å². The third-order valence-electron chi connectivity index (χ3n) is 4.39. The van der Waals surface area contributed by atoms with Gasteiger partial charge in [0, 0.05) is 11.4 Å². The SMILES string of the molecule is CC(Sc1nnc(-c2cccs2)n1-c1ccccc1)C(=O)Nc1ccc(OC(F)F)cc1. The van der Waals surface area contributed by atoms with E-state index in [0.717, 1.165) is 10.6 Å². The lowest BCUT2D eigenvalue weighted by Crippen LogP contribution is -2.22. The van der Waals surface area contributed by atoms with Gasteiger partial charge in [-0.3, -0.25) is 9.36 Å². The number of hydrogen-bond donors (Lipinski definition) is 1. The molecule has 32 heavy (non-hydrogen) atoms. The molecule has 10 heteroatoms. The Bertz CT molecular complexity index is 1170. The van der Waals surface area contributed by atoms with Gasteiger partial charge in [-0.15, -0.1) is 21.5 Å². The minimum atomic E-state index is -2.90. The van der Waals surface area contributed by atoms with Gasteiger partial charge in [0.1, 0.15) is 5.75 Å². The van der Waals surface area contributed by atoms with Crippen molar-refractivity contribution in [2.75, 3.05) is 5.32 Å². The second kappa shape index (κ2) is 9.92. The number of amides is 1. The first-order valence-electron chi connectivity index (χ1n) is 9.58. The van der Waals surface area contributed by atoms with Crippen molar-refractivity contribution in [2.45, 2.75) is 23.9 Å². The number of anilines is 1. The topological polar surface area (TPSA) is 69.0 Å². The molecule has 1 N–H and O–H groups in total. The molecule has 2 aromatic heterocycles. The molecule has 1 atom stereocenters. The number of nitrogens with zero attached hydrogens (tertiary/aromatic N) is 3. The fourth-order valence-corrected chi connectivity index (χ4v) is 4.46. The van der Waals surface area contributed by atoms with Gasteiger partial charge in [0.25, 0.3) is 0 Å². The number of nitrogens with one attached hydrogen (secondary N) is 1. The maximum absolute atomic E-state index is 12.7. The monoisotopic (exact) mass is 472 g/mol. The Morgan fingerprint density at radius 2 is 1.81 bits per heavy atom. The molecular formula is C22H18F2N4O2S2. The molecule has 2 heterocycles. The Morgan fingerprint density at radius 1 is 1.06 bits per heavy atom. The lowest BCUT2D eigenvalue weighted by Gasteiger charge is -2.14. The van der Waals surface area contributed by atoms with Crippen molar-refractivity contribution in [1.82, 2.24) is 14.8 Å². The molecule has 6 nitrogen and oxygen atoms in total. The van der Waals surface area contributed by atoms with Crippen LogP contribution in [0.4, 0.5) is 14.5 Å². The van der Waals surface area contributed by atoms with Crippen LogP contribution in [-0.2, 0) is 4.79 Å². The van der Waals surface area contributed by atoms with Gasteiger partial charge >= 0.3 is 6.61 Å². The van der Waals surface area contributed by atoms with Gasteiger partial charge in [-0.2, -0.15) is 8.78 Å². The Hall–Kier alpha value is -3.24. The summed E-state index contributed by atoms with van der Waals surface area (Å²) in [6.07, 6.45) is 0. The molecule has 1 unspecified atom stereocenters. The first kappa shape index (κ1) is 22.0. The highest BCUT2D eigenvalue weighted by Crippen LogP contribution is 2.32. The summed E-state index contributed by atoms with van der Waals surface area (Å²) in [7, 11) is 0. The predicted molar refractivity (Wildman–Crippen MR) is 122 cm³/mol. The van der Waals surface area contributed by atoms with Crippen molar-refractivity contribution < 1.29 is 18.3 Å². The highest BCUT2D eigenvalue weighted by Gasteiger charge is 2.22. The molecule has 0 saturated carbocycles. The van der Waals surface area contributed by atoms with E-state index in [1.807, 2.05) is 52.4 Å². The van der Waals surface area contributed by atoms with Crippen LogP contribution in [0.5, 0.6) is 5.75 Å². The molecule has 0 saturated heterocycles. The van der Waals surface area contributed by atoms with Crippen LogP contribution >= 0.6 is 23.1 Å². The fourth-order valence-electron chi connectivity index (χ4n) is 2.90. The van der Waals surface area contributed by atoms with E-state index in [4.69, 9.17) is 0 Å². The summed E-state index contributed by atoms with van der Waals surface area (Å²) in [6, 6.07) is 19.4. The summed E-state index contributed by atoms with van der Waals surface area (Å²) in [5.74, 6) is 0.478. The average Bonchev–Trinajstić information content (AvgIpc) is 3.45. The number of halogens is 2. The summed E-state index contributed by atoms with van der Waals surface area (Å²) >= 11 is 2.84. The molecule has 0 aliphatic carbocycles. The molecule has 0 aliphatic heterocycles. The quantitative estimate of drug-likeness (QED) is 0.332. The lowest BCUT2D eigenvalue weighted by atomic mass is 10.3. The Kier molecular flexibility index (Phi) is 6.81. The summed E-state index contributed by atoms with van der Waals surface area (Å²) in [5.41, 5.74) is 1.37. The van der Waals surface area contributed by atoms with E-state index in [1.165, 1.54) is 36.0 Å². The minimum Gasteiger partial charge on any atom is -0.435 e. The molecule has 0 spiro atoms. The number of para-hydroxylation sites is 1. The van der Waals surface area contributed by atoms with Crippen LogP contribution in [0, 0.1) is 0 Å². The Labute approximate surface area is 191 Å². The van der Waals surface area contributed by atoms with Crippen LogP contribution in [0.2, 0.25) is 0 Å². The van der Waals surface area contributed by atoms with E-state index in [-0.39, 0.29) is 11.7 Å². The first-order chi connectivity index (χ1) is 15.5. The lowest BCUT2D eigenvalue weighted by molar-refractivity contribution is -0.115. The van der Waals surface area contributed by atoms with Crippen molar-refractivity contribution in [3.05, 3.63) is 72.1 Å². The summed E-state index contributed by atoms with van der Waals surface area (Å²) in [6.45, 7) is -1.13. The highest BCUT2D eigenvalue weighted by molar-refractivity contribution is 8.00. The number of hydrogen-bond acceptors (Lipinski definition) is 6. The first-order valence-corrected chi connectivity index (χ1v) is 11.3. The zero-order valence-corrected chi connectivity index (χ0v) is 18.4. The number of alkyl halides is 2. The van der Waals surface area contributed by atoms with Gasteiger partial charge in [0.15, 0.2) is 11.0 Å². The van der Waals surface area contributed by atoms with Crippen LogP contribution in [0.25, 0.3) is 16.4 Å². The van der Waals surface area contributed by atoms with Crippen molar-refractivity contribution in [2.24, 2.45) is 0 Å². The zero-order valence-electron chi connectivity index (χ0n) is 16.8. The average molecular weight is 473 g/mol. The number of ether oxygens (including phenoxy) is 1. The second-order valence-corrected chi connectivity index (χ2v) is 8.86. The molecule has 0 radical (unpaired) electrons. The molecule has 0 bridgehead atoms. The smallest absolute Gasteiger partial charge is 0.387 e. The molecule has 4 rings (SSSR count). The second-order valence-electron chi connectivity index (χ2n) is 6.61. The summed E-state index contributed by atoms with van der Waals surface area (Å²) in [5, 5.41) is 13.5. The third kappa shape index (κ3) is 5.14. The number of carbonyl (C=O) groups is 1. The van der Waals surface area contributed by atoms with Crippen LogP contribution in [0.3, 0.4) is 0 Å². The maximum Gasteiger partial charge on any atom is 0.387 e. The fraction of sp³-hybridized carbons (Fsp3) is 0.136. The van der Waals surface area contributed by atoms with Gasteiger partial charge < -0.3 is 10.1 Å². The molecule has 0 aliphatic rings. The van der Waals surface area contributed by atoms with E-state index < -0.39 is 11.9 Å². The van der Waals surface area contributed by atoms with Crippen LogP contribution in [0.15, 0.2) is 77.3 Å². The molecule has 164 valence electrons. The summed E-state index contributed by atoms with van der Waals surface area (Å²) in [4.78, 5) is 13.7. The van der Waals surface area contributed by atoms with E-state index >= 15 is 0 Å². The normalized spacial score (nSPS) is 12.0. The molecule has 1 amide bonds. The van der Waals surface area contributed by atoms with E-state index in [2.05, 4.69) is 20.3 Å². The molecular weight excluding hydrogens is 454 g/mol. The van der Waals surface area contributed by atoms with Crippen LogP contribution in [-0.4, -0.2) is 32.5 Å². The van der Waals surface area contributed by atoms with Crippen molar-refractivity contribution in [1.29, 1.82) is 0 Å². The number of carbonyl (C=O) groups excluding carboxylic acids is 1. The number of thioether (sulfide) groups is 1. The Morgan fingerprint density at radius 3 is 2.47 bits per heavy atom. The van der Waals surface area contributed by atoms with Crippen LogP contribution in [0.1, 0.15) is 6.92 Å². The molecule has 0 fully saturated rings. The zero-order chi connectivity index (χ0) is 22.5. The van der Waals surface area contributed by atoms with Crippen molar-refractivity contribution >= 4 is 34.7 Å². The number of rotatable bonds is 8. The number of thiophene rings is 1. The minimum absolute atomic E-state index is 0.0255. The number of benzene rings is 2. The van der Waals surface area contributed by atoms with Gasteiger partial charge in [-0.25, -0.2) is 0 Å². The predicted octanol–water partition coefficient (Wildman–Crippen LogP) is 5.72. The van der Waals surface area contributed by atoms with Gasteiger partial charge in [-0.05, 0) is 54.8 Å². The van der Waals surface area contributed by atoms with Gasteiger partial charge in [0.2, 0.25) is 5.91 Å². The largest absolute Gasteiger partial charge is 0.435 e. The van der Waals surface area contributed by atoms with Crippen molar-refractivity contribution in [3.8, 4) is 22.1 Å². The van der Waals surface area contributed by atoms with Gasteiger partial charge in [0.05, 0.1) is 10.1 Å². The van der Waals surface area contributed by atoms with E-state index in [9.17, 15) is 13.6 Å². The van der Waals surface area contributed by atoms with Crippen LogP contribution < -0.4 is 10.1 Å². The number of aromatic nitrogens is 3.